The van der Waals surface area contributed by atoms with E-state index in [1.54, 1.807) is 18.3 Å². The van der Waals surface area contributed by atoms with E-state index in [1.165, 1.54) is 0 Å². The molecule has 0 spiro atoms. The maximum Gasteiger partial charge on any atom is 0.227 e. The Balaban J connectivity index is 2.62. The minimum absolute atomic E-state index is 0.0132. The number of hydrogen-bond acceptors (Lipinski definition) is 4. The molecule has 0 radical (unpaired) electrons. The maximum atomic E-state index is 11.5. The second-order valence-electron chi connectivity index (χ2n) is 4.99. The van der Waals surface area contributed by atoms with E-state index in [2.05, 4.69) is 31.1 Å². The van der Waals surface area contributed by atoms with Crippen LogP contribution < -0.4 is 5.32 Å². The van der Waals surface area contributed by atoms with Crippen molar-refractivity contribution in [3.63, 3.8) is 0 Å². The van der Waals surface area contributed by atoms with Crippen molar-refractivity contribution in [1.29, 1.82) is 5.26 Å². The highest BCUT2D eigenvalue weighted by Crippen LogP contribution is 2.25. The second kappa shape index (κ2) is 5.28. The first-order valence-corrected chi connectivity index (χ1v) is 6.34. The third-order valence-electron chi connectivity index (χ3n) is 2.11. The zero-order chi connectivity index (χ0) is 13.1. The largest absolute Gasteiger partial charge is 0.340 e. The third kappa shape index (κ3) is 4.16. The summed E-state index contributed by atoms with van der Waals surface area (Å²) in [7, 11) is 0. The van der Waals surface area contributed by atoms with Gasteiger partial charge in [-0.05, 0) is 6.92 Å². The van der Waals surface area contributed by atoms with Crippen LogP contribution >= 0.6 is 11.3 Å². The van der Waals surface area contributed by atoms with Gasteiger partial charge in [0.1, 0.15) is 6.04 Å². The number of carbonyl (C=O) groups excluding carboxylic acids is 1. The van der Waals surface area contributed by atoms with E-state index in [4.69, 9.17) is 5.26 Å². The molecule has 1 aromatic heterocycles. The highest BCUT2D eigenvalue weighted by Gasteiger charge is 2.18. The Morgan fingerprint density at radius 2 is 2.29 bits per heavy atom. The molecular formula is C12H17N3OS. The van der Waals surface area contributed by atoms with Crippen LogP contribution in [-0.4, -0.2) is 16.9 Å². The summed E-state index contributed by atoms with van der Waals surface area (Å²) < 4.78 is 0. The van der Waals surface area contributed by atoms with Crippen LogP contribution in [0.1, 0.15) is 38.4 Å². The summed E-state index contributed by atoms with van der Waals surface area (Å²) in [6.45, 7) is 7.92. The third-order valence-corrected chi connectivity index (χ3v) is 3.42. The summed E-state index contributed by atoms with van der Waals surface area (Å²) >= 11 is 1.57. The number of nitrogens with one attached hydrogen (secondary N) is 1. The Hall–Kier alpha value is -1.41. The fraction of sp³-hybridized carbons (Fsp3) is 0.583. The SMILES string of the molecule is C[C@@H](C#N)NC(=O)Cc1csc(C(C)(C)C)n1. The van der Waals surface area contributed by atoms with Gasteiger partial charge in [0, 0.05) is 10.8 Å². The monoisotopic (exact) mass is 251 g/mol. The summed E-state index contributed by atoms with van der Waals surface area (Å²) in [5.74, 6) is -0.162. The van der Waals surface area contributed by atoms with E-state index in [1.807, 2.05) is 11.4 Å². The van der Waals surface area contributed by atoms with Gasteiger partial charge in [-0.25, -0.2) is 4.98 Å². The van der Waals surface area contributed by atoms with Crippen LogP contribution in [0, 0.1) is 11.3 Å². The summed E-state index contributed by atoms with van der Waals surface area (Å²) in [6.07, 6.45) is 0.235. The summed E-state index contributed by atoms with van der Waals surface area (Å²) in [6, 6.07) is 1.51. The number of nitrogens with zero attached hydrogens (tertiary/aromatic N) is 2. The molecule has 0 saturated carbocycles. The van der Waals surface area contributed by atoms with Crippen molar-refractivity contribution in [3.8, 4) is 6.07 Å². The predicted octanol–water partition coefficient (Wildman–Crippen LogP) is 2.01. The Morgan fingerprint density at radius 1 is 1.65 bits per heavy atom. The standard InChI is InChI=1S/C12H17N3OS/c1-8(6-13)14-10(16)5-9-7-17-11(15-9)12(2,3)4/h7-8H,5H2,1-4H3,(H,14,16)/t8-/m0/s1. The van der Waals surface area contributed by atoms with Gasteiger partial charge in [-0.15, -0.1) is 11.3 Å². The number of carbonyl (C=O) groups is 1. The van der Waals surface area contributed by atoms with Crippen LogP contribution in [0.25, 0.3) is 0 Å². The molecule has 0 fully saturated rings. The number of rotatable bonds is 3. The fourth-order valence-corrected chi connectivity index (χ4v) is 2.13. The lowest BCUT2D eigenvalue weighted by Crippen LogP contribution is -2.32. The molecule has 92 valence electrons. The molecule has 0 aliphatic heterocycles. The molecule has 4 nitrogen and oxygen atoms in total. The van der Waals surface area contributed by atoms with Crippen molar-refractivity contribution in [2.45, 2.75) is 45.6 Å². The van der Waals surface area contributed by atoms with Crippen LogP contribution in [0.3, 0.4) is 0 Å². The number of aromatic nitrogens is 1. The Kier molecular flexibility index (Phi) is 4.24. The quantitative estimate of drug-likeness (QED) is 0.893. The number of thiazole rings is 1. The van der Waals surface area contributed by atoms with Crippen LogP contribution in [0.15, 0.2) is 5.38 Å². The summed E-state index contributed by atoms with van der Waals surface area (Å²) in [4.78, 5) is 16.0. The zero-order valence-corrected chi connectivity index (χ0v) is 11.4. The molecule has 0 aromatic carbocycles. The molecule has 0 aliphatic rings. The lowest BCUT2D eigenvalue weighted by Gasteiger charge is -2.13. The highest BCUT2D eigenvalue weighted by atomic mass is 32.1. The lowest BCUT2D eigenvalue weighted by atomic mass is 9.98. The maximum absolute atomic E-state index is 11.5. The van der Waals surface area contributed by atoms with Crippen LogP contribution in [0.5, 0.6) is 0 Å². The van der Waals surface area contributed by atoms with Gasteiger partial charge in [0.25, 0.3) is 0 Å². The Labute approximate surface area is 106 Å². The first kappa shape index (κ1) is 13.7. The molecule has 0 aliphatic carbocycles. The van der Waals surface area contributed by atoms with Crippen molar-refractivity contribution >= 4 is 17.2 Å². The first-order chi connectivity index (χ1) is 7.82. The first-order valence-electron chi connectivity index (χ1n) is 5.47. The molecule has 0 saturated heterocycles. The zero-order valence-electron chi connectivity index (χ0n) is 10.6. The average molecular weight is 251 g/mol. The molecule has 0 unspecified atom stereocenters. The van der Waals surface area contributed by atoms with Crippen LogP contribution in [0.4, 0.5) is 0 Å². The minimum atomic E-state index is -0.455. The predicted molar refractivity (Wildman–Crippen MR) is 67.7 cm³/mol. The number of amides is 1. The second-order valence-corrected chi connectivity index (χ2v) is 5.85. The van der Waals surface area contributed by atoms with Crippen molar-refractivity contribution < 1.29 is 4.79 Å². The van der Waals surface area contributed by atoms with E-state index in [0.717, 1.165) is 10.7 Å². The molecule has 17 heavy (non-hydrogen) atoms. The molecule has 1 N–H and O–H groups in total. The minimum Gasteiger partial charge on any atom is -0.340 e. The molecule has 0 bridgehead atoms. The molecule has 1 heterocycles. The fourth-order valence-electron chi connectivity index (χ4n) is 1.22. The van der Waals surface area contributed by atoms with Crippen LogP contribution in [0.2, 0.25) is 0 Å². The lowest BCUT2D eigenvalue weighted by molar-refractivity contribution is -0.120. The molecule has 1 amide bonds. The van der Waals surface area contributed by atoms with Gasteiger partial charge in [-0.1, -0.05) is 20.8 Å². The van der Waals surface area contributed by atoms with Crippen molar-refractivity contribution in [1.82, 2.24) is 10.3 Å². The van der Waals surface area contributed by atoms with Gasteiger partial charge in [0.05, 0.1) is 23.2 Å². The van der Waals surface area contributed by atoms with E-state index in [9.17, 15) is 4.79 Å². The van der Waals surface area contributed by atoms with E-state index >= 15 is 0 Å². The normalized spacial score (nSPS) is 12.9. The van der Waals surface area contributed by atoms with Gasteiger partial charge in [-0.2, -0.15) is 5.26 Å². The van der Waals surface area contributed by atoms with E-state index < -0.39 is 6.04 Å². The van der Waals surface area contributed by atoms with Gasteiger partial charge in [-0.3, -0.25) is 4.79 Å². The summed E-state index contributed by atoms with van der Waals surface area (Å²) in [5, 5.41) is 14.1. The molecule has 5 heteroatoms. The van der Waals surface area contributed by atoms with Crippen LogP contribution in [-0.2, 0) is 16.6 Å². The van der Waals surface area contributed by atoms with Gasteiger partial charge < -0.3 is 5.32 Å². The van der Waals surface area contributed by atoms with Crippen molar-refractivity contribution in [2.24, 2.45) is 0 Å². The summed E-state index contributed by atoms with van der Waals surface area (Å²) in [5.41, 5.74) is 0.779. The van der Waals surface area contributed by atoms with Crippen molar-refractivity contribution in [2.75, 3.05) is 0 Å². The number of hydrogen-bond donors (Lipinski definition) is 1. The molecule has 1 atom stereocenters. The van der Waals surface area contributed by atoms with Gasteiger partial charge in [0.15, 0.2) is 0 Å². The molecular weight excluding hydrogens is 234 g/mol. The van der Waals surface area contributed by atoms with E-state index in [-0.39, 0.29) is 17.7 Å². The van der Waals surface area contributed by atoms with Crippen molar-refractivity contribution in [3.05, 3.63) is 16.1 Å². The molecule has 1 rings (SSSR count). The average Bonchev–Trinajstić information content (AvgIpc) is 2.65. The van der Waals surface area contributed by atoms with E-state index in [0.29, 0.717) is 0 Å². The smallest absolute Gasteiger partial charge is 0.227 e. The molecule has 1 aromatic rings. The van der Waals surface area contributed by atoms with Gasteiger partial charge >= 0.3 is 0 Å². The Bertz CT molecular complexity index is 439. The number of nitriles is 1. The topological polar surface area (TPSA) is 65.8 Å². The van der Waals surface area contributed by atoms with Gasteiger partial charge in [0.2, 0.25) is 5.91 Å². The Morgan fingerprint density at radius 3 is 2.76 bits per heavy atom. The highest BCUT2D eigenvalue weighted by molar-refractivity contribution is 7.09.